The number of hydrogen-bond donors (Lipinski definition) is 2. The Morgan fingerprint density at radius 1 is 1.39 bits per heavy atom. The van der Waals surface area contributed by atoms with Gasteiger partial charge in [0, 0.05) is 11.4 Å². The lowest BCUT2D eigenvalue weighted by Crippen LogP contribution is -2.15. The van der Waals surface area contributed by atoms with Gasteiger partial charge in [-0.15, -0.1) is 0 Å². The van der Waals surface area contributed by atoms with Gasteiger partial charge >= 0.3 is 0 Å². The third kappa shape index (κ3) is 5.00. The normalized spacial score (nSPS) is 10.3. The average molecular weight is 266 g/mol. The molecule has 0 radical (unpaired) electrons. The van der Waals surface area contributed by atoms with Crippen molar-refractivity contribution in [2.45, 2.75) is 33.1 Å². The van der Waals surface area contributed by atoms with Crippen LogP contribution in [-0.2, 0) is 4.79 Å². The number of rotatable bonds is 7. The monoisotopic (exact) mass is 266 g/mol. The van der Waals surface area contributed by atoms with Gasteiger partial charge in [-0.25, -0.2) is 0 Å². The Labute approximate surface area is 114 Å². The molecular formula is C14H22N2OS. The van der Waals surface area contributed by atoms with Gasteiger partial charge in [-0.05, 0) is 36.8 Å². The van der Waals surface area contributed by atoms with Gasteiger partial charge < -0.3 is 11.1 Å². The number of anilines is 2. The minimum atomic E-state index is 0.0465. The Morgan fingerprint density at radius 3 is 2.89 bits per heavy atom. The maximum Gasteiger partial charge on any atom is 0.234 e. The molecule has 0 heterocycles. The molecule has 0 spiro atoms. The fraction of sp³-hybridized carbons (Fsp3) is 0.500. The molecule has 0 saturated carbocycles. The van der Waals surface area contributed by atoms with E-state index in [0.29, 0.717) is 11.4 Å². The quantitative estimate of drug-likeness (QED) is 0.587. The Balaban J connectivity index is 2.34. The molecule has 0 aromatic heterocycles. The van der Waals surface area contributed by atoms with Crippen LogP contribution in [0.1, 0.15) is 31.7 Å². The molecule has 0 saturated heterocycles. The fourth-order valence-corrected chi connectivity index (χ4v) is 2.40. The van der Waals surface area contributed by atoms with E-state index in [4.69, 9.17) is 5.73 Å². The topological polar surface area (TPSA) is 55.1 Å². The van der Waals surface area contributed by atoms with E-state index in [-0.39, 0.29) is 5.91 Å². The van der Waals surface area contributed by atoms with E-state index in [1.54, 1.807) is 11.8 Å². The summed E-state index contributed by atoms with van der Waals surface area (Å²) in [6, 6.07) is 5.57. The first-order valence-electron chi connectivity index (χ1n) is 6.37. The highest BCUT2D eigenvalue weighted by atomic mass is 32.2. The van der Waals surface area contributed by atoms with Crippen LogP contribution in [0.4, 0.5) is 11.4 Å². The van der Waals surface area contributed by atoms with E-state index in [2.05, 4.69) is 12.2 Å². The third-order valence-electron chi connectivity index (χ3n) is 2.78. The maximum absolute atomic E-state index is 11.7. The molecule has 0 aliphatic heterocycles. The van der Waals surface area contributed by atoms with E-state index >= 15 is 0 Å². The zero-order chi connectivity index (χ0) is 13.4. The molecule has 100 valence electrons. The van der Waals surface area contributed by atoms with Gasteiger partial charge in [0.25, 0.3) is 0 Å². The van der Waals surface area contributed by atoms with Crippen LogP contribution in [0.5, 0.6) is 0 Å². The van der Waals surface area contributed by atoms with Crippen LogP contribution in [-0.4, -0.2) is 17.4 Å². The molecule has 3 N–H and O–H groups in total. The number of nitrogen functional groups attached to an aromatic ring is 1. The second-order valence-electron chi connectivity index (χ2n) is 4.33. The molecular weight excluding hydrogens is 244 g/mol. The summed E-state index contributed by atoms with van der Waals surface area (Å²) in [5.41, 5.74) is 8.25. The van der Waals surface area contributed by atoms with Crippen molar-refractivity contribution >= 4 is 29.0 Å². The van der Waals surface area contributed by atoms with Crippen LogP contribution in [0.25, 0.3) is 0 Å². The molecule has 1 amide bonds. The smallest absolute Gasteiger partial charge is 0.234 e. The van der Waals surface area contributed by atoms with Crippen molar-refractivity contribution in [3.63, 3.8) is 0 Å². The molecule has 0 unspecified atom stereocenters. The number of amides is 1. The Kier molecular flexibility index (Phi) is 6.65. The fourth-order valence-electron chi connectivity index (χ4n) is 1.59. The number of thioether (sulfide) groups is 1. The molecule has 0 aliphatic carbocycles. The van der Waals surface area contributed by atoms with E-state index in [0.717, 1.165) is 17.0 Å². The van der Waals surface area contributed by atoms with Crippen molar-refractivity contribution < 1.29 is 4.79 Å². The van der Waals surface area contributed by atoms with Crippen molar-refractivity contribution in [1.82, 2.24) is 0 Å². The minimum absolute atomic E-state index is 0.0465. The largest absolute Gasteiger partial charge is 0.398 e. The van der Waals surface area contributed by atoms with Crippen LogP contribution in [0, 0.1) is 6.92 Å². The Morgan fingerprint density at radius 2 is 2.17 bits per heavy atom. The first-order chi connectivity index (χ1) is 8.65. The first kappa shape index (κ1) is 14.9. The minimum Gasteiger partial charge on any atom is -0.398 e. The van der Waals surface area contributed by atoms with Gasteiger partial charge in [0.05, 0.1) is 5.75 Å². The van der Waals surface area contributed by atoms with Crippen molar-refractivity contribution in [2.24, 2.45) is 0 Å². The molecule has 1 aromatic carbocycles. The summed E-state index contributed by atoms with van der Waals surface area (Å²) >= 11 is 1.69. The first-order valence-corrected chi connectivity index (χ1v) is 7.53. The van der Waals surface area contributed by atoms with Crippen LogP contribution < -0.4 is 11.1 Å². The molecule has 0 aliphatic rings. The number of unbranched alkanes of at least 4 members (excludes halogenated alkanes) is 2. The molecule has 3 nitrogen and oxygen atoms in total. The second kappa shape index (κ2) is 8.03. The highest BCUT2D eigenvalue weighted by Gasteiger charge is 2.06. The molecule has 0 atom stereocenters. The predicted molar refractivity (Wildman–Crippen MR) is 81.1 cm³/mol. The van der Waals surface area contributed by atoms with E-state index in [9.17, 15) is 4.79 Å². The second-order valence-corrected chi connectivity index (χ2v) is 5.43. The predicted octanol–water partition coefficient (Wildman–Crippen LogP) is 3.44. The van der Waals surface area contributed by atoms with Crippen LogP contribution in [0.15, 0.2) is 18.2 Å². The molecule has 1 aromatic rings. The Hall–Kier alpha value is -1.16. The molecule has 0 bridgehead atoms. The zero-order valence-corrected chi connectivity index (χ0v) is 12.0. The van der Waals surface area contributed by atoms with Crippen LogP contribution in [0.2, 0.25) is 0 Å². The lowest BCUT2D eigenvalue weighted by atomic mass is 10.1. The number of carbonyl (C=O) groups is 1. The van der Waals surface area contributed by atoms with E-state index < -0.39 is 0 Å². The van der Waals surface area contributed by atoms with Crippen LogP contribution in [0.3, 0.4) is 0 Å². The summed E-state index contributed by atoms with van der Waals surface area (Å²) < 4.78 is 0. The number of hydrogen-bond acceptors (Lipinski definition) is 3. The van der Waals surface area contributed by atoms with Gasteiger partial charge in [0.2, 0.25) is 5.91 Å². The zero-order valence-electron chi connectivity index (χ0n) is 11.2. The van der Waals surface area contributed by atoms with Gasteiger partial charge in [-0.1, -0.05) is 25.8 Å². The summed E-state index contributed by atoms with van der Waals surface area (Å²) in [6.45, 7) is 4.10. The van der Waals surface area contributed by atoms with Crippen molar-refractivity contribution in [1.29, 1.82) is 0 Å². The van der Waals surface area contributed by atoms with Crippen molar-refractivity contribution in [3.8, 4) is 0 Å². The average Bonchev–Trinajstić information content (AvgIpc) is 2.35. The molecule has 1 rings (SSSR count). The van der Waals surface area contributed by atoms with Crippen molar-refractivity contribution in [2.75, 3.05) is 22.6 Å². The van der Waals surface area contributed by atoms with Crippen molar-refractivity contribution in [3.05, 3.63) is 23.8 Å². The number of nitrogens with two attached hydrogens (primary N) is 1. The number of carbonyl (C=O) groups excluding carboxylic acids is 1. The summed E-state index contributed by atoms with van der Waals surface area (Å²) in [6.07, 6.45) is 3.64. The highest BCUT2D eigenvalue weighted by Crippen LogP contribution is 2.20. The summed E-state index contributed by atoms with van der Waals surface area (Å²) in [5.74, 6) is 1.61. The van der Waals surface area contributed by atoms with Gasteiger partial charge in [-0.2, -0.15) is 11.8 Å². The molecule has 18 heavy (non-hydrogen) atoms. The number of benzene rings is 1. The SMILES string of the molecule is CCCCCSCC(=O)Nc1cccc(N)c1C. The van der Waals surface area contributed by atoms with Gasteiger partial charge in [-0.3, -0.25) is 4.79 Å². The number of nitrogens with one attached hydrogen (secondary N) is 1. The third-order valence-corrected chi connectivity index (χ3v) is 3.82. The summed E-state index contributed by atoms with van der Waals surface area (Å²) in [5, 5.41) is 2.90. The van der Waals surface area contributed by atoms with Crippen LogP contribution >= 0.6 is 11.8 Å². The lowest BCUT2D eigenvalue weighted by molar-refractivity contribution is -0.113. The van der Waals surface area contributed by atoms with Gasteiger partial charge in [0.1, 0.15) is 0 Å². The molecule has 0 fully saturated rings. The highest BCUT2D eigenvalue weighted by molar-refractivity contribution is 7.99. The Bertz CT molecular complexity index is 393. The van der Waals surface area contributed by atoms with E-state index in [1.807, 2.05) is 25.1 Å². The van der Waals surface area contributed by atoms with Gasteiger partial charge in [0.15, 0.2) is 0 Å². The maximum atomic E-state index is 11.7. The summed E-state index contributed by atoms with van der Waals surface area (Å²) in [7, 11) is 0. The van der Waals surface area contributed by atoms with E-state index in [1.165, 1.54) is 19.3 Å². The molecule has 4 heteroatoms. The summed E-state index contributed by atoms with van der Waals surface area (Å²) in [4.78, 5) is 11.7. The standard InChI is InChI=1S/C14H22N2OS/c1-3-4-5-9-18-10-14(17)16-13-8-6-7-12(15)11(13)2/h6-8H,3-5,9-10,15H2,1-2H3,(H,16,17). The lowest BCUT2D eigenvalue weighted by Gasteiger charge is -2.09.